The summed E-state index contributed by atoms with van der Waals surface area (Å²) >= 11 is 1.00. The van der Waals surface area contributed by atoms with Gasteiger partial charge in [-0.25, -0.2) is 26.6 Å². The van der Waals surface area contributed by atoms with Crippen molar-refractivity contribution >= 4 is 11.8 Å². The van der Waals surface area contributed by atoms with Crippen LogP contribution in [0.1, 0.15) is 67.9 Å². The van der Waals surface area contributed by atoms with Crippen molar-refractivity contribution in [3.63, 3.8) is 0 Å². The molecule has 2 aliphatic rings. The second kappa shape index (κ2) is 12.6. The van der Waals surface area contributed by atoms with E-state index >= 15 is 0 Å². The van der Waals surface area contributed by atoms with Crippen molar-refractivity contribution in [1.29, 1.82) is 0 Å². The molecule has 2 aromatic carbocycles. The number of hydrogen-bond acceptors (Lipinski definition) is 8. The van der Waals surface area contributed by atoms with Crippen molar-refractivity contribution in [3.05, 3.63) is 71.2 Å². The number of benzene rings is 2. The standard InChI is InChI=1S/C30H34F5N3O5S/c1-15(2)17-5-3-4-6-18(17)27(29(42)7-9-30(34,35)10-8-29)44-28-26(41)24(25(40)22(14-39)43-28)38-13-21(36-37-38)16-11-19(31)23(33)20(32)12-16/h3-6,11-13,15,22,24-28,39-42H,7-10,14H2,1-2H3/t22-,24+,25+,26-,27+,28+/m1/s1. The van der Waals surface area contributed by atoms with Crippen LogP contribution in [0.5, 0.6) is 0 Å². The fourth-order valence-corrected chi connectivity index (χ4v) is 7.61. The van der Waals surface area contributed by atoms with Crippen molar-refractivity contribution in [2.24, 2.45) is 0 Å². The maximum atomic E-state index is 14.2. The normalized spacial score (nSPS) is 27.4. The van der Waals surface area contributed by atoms with Gasteiger partial charge in [0.2, 0.25) is 5.92 Å². The van der Waals surface area contributed by atoms with Crippen LogP contribution in [-0.4, -0.2) is 77.3 Å². The summed E-state index contributed by atoms with van der Waals surface area (Å²) < 4.78 is 76.6. The van der Waals surface area contributed by atoms with Gasteiger partial charge in [0.05, 0.1) is 23.7 Å². The minimum atomic E-state index is -2.92. The highest BCUT2D eigenvalue weighted by Gasteiger charge is 2.52. The second-order valence-corrected chi connectivity index (χ2v) is 13.0. The van der Waals surface area contributed by atoms with Crippen molar-refractivity contribution in [3.8, 4) is 11.3 Å². The van der Waals surface area contributed by atoms with Gasteiger partial charge in [0.1, 0.15) is 35.5 Å². The average molecular weight is 644 g/mol. The molecule has 0 amide bonds. The van der Waals surface area contributed by atoms with Crippen molar-refractivity contribution in [2.75, 3.05) is 6.61 Å². The molecule has 44 heavy (non-hydrogen) atoms. The molecule has 6 atom stereocenters. The first-order chi connectivity index (χ1) is 20.7. The molecule has 1 aliphatic heterocycles. The van der Waals surface area contributed by atoms with E-state index in [9.17, 15) is 42.4 Å². The molecular formula is C30H34F5N3O5S. The van der Waals surface area contributed by atoms with Crippen LogP contribution in [0.3, 0.4) is 0 Å². The third kappa shape index (κ3) is 6.38. The predicted molar refractivity (Wildman–Crippen MR) is 151 cm³/mol. The summed E-state index contributed by atoms with van der Waals surface area (Å²) in [5, 5.41) is 51.5. The van der Waals surface area contributed by atoms with Crippen LogP contribution in [0.2, 0.25) is 0 Å². The molecule has 8 nitrogen and oxygen atoms in total. The van der Waals surface area contributed by atoms with E-state index in [4.69, 9.17) is 4.74 Å². The number of aliphatic hydroxyl groups is 4. The van der Waals surface area contributed by atoms with Gasteiger partial charge in [-0.15, -0.1) is 16.9 Å². The van der Waals surface area contributed by atoms with Crippen LogP contribution in [-0.2, 0) is 4.74 Å². The van der Waals surface area contributed by atoms with Crippen LogP contribution >= 0.6 is 11.8 Å². The van der Waals surface area contributed by atoms with Crippen molar-refractivity contribution < 1.29 is 47.1 Å². The highest BCUT2D eigenvalue weighted by molar-refractivity contribution is 8.00. The maximum Gasteiger partial charge on any atom is 0.248 e. The van der Waals surface area contributed by atoms with Crippen LogP contribution in [0.25, 0.3) is 11.3 Å². The van der Waals surface area contributed by atoms with Gasteiger partial charge in [0, 0.05) is 18.4 Å². The molecule has 0 bridgehead atoms. The largest absolute Gasteiger partial charge is 0.394 e. The highest BCUT2D eigenvalue weighted by atomic mass is 32.2. The number of alkyl halides is 2. The van der Waals surface area contributed by atoms with Gasteiger partial charge < -0.3 is 25.2 Å². The molecule has 1 aromatic heterocycles. The Morgan fingerprint density at radius 2 is 1.61 bits per heavy atom. The molecule has 2 heterocycles. The number of thioether (sulfide) groups is 1. The first-order valence-corrected chi connectivity index (χ1v) is 15.2. The summed E-state index contributed by atoms with van der Waals surface area (Å²) in [5.74, 6) is -7.45. The summed E-state index contributed by atoms with van der Waals surface area (Å²) in [5.41, 5.74) is -1.48. The first kappa shape index (κ1) is 32.8. The number of hydrogen-bond donors (Lipinski definition) is 4. The second-order valence-electron chi connectivity index (χ2n) is 11.8. The third-order valence-electron chi connectivity index (χ3n) is 8.45. The monoisotopic (exact) mass is 643 g/mol. The highest BCUT2D eigenvalue weighted by Crippen LogP contribution is 2.53. The van der Waals surface area contributed by atoms with E-state index in [-0.39, 0.29) is 30.0 Å². The third-order valence-corrected chi connectivity index (χ3v) is 10.1. The fraction of sp³-hybridized carbons (Fsp3) is 0.533. The number of halogens is 5. The molecule has 5 rings (SSSR count). The van der Waals surface area contributed by atoms with Crippen LogP contribution in [0.4, 0.5) is 22.0 Å². The van der Waals surface area contributed by atoms with Gasteiger partial charge >= 0.3 is 0 Å². The van der Waals surface area contributed by atoms with Gasteiger partial charge in [-0.05, 0) is 42.0 Å². The van der Waals surface area contributed by atoms with E-state index < -0.39 is 83.5 Å². The Balaban J connectivity index is 1.50. The molecule has 1 aliphatic carbocycles. The predicted octanol–water partition coefficient (Wildman–Crippen LogP) is 4.88. The topological polar surface area (TPSA) is 121 Å². The van der Waals surface area contributed by atoms with E-state index in [1.165, 1.54) is 6.20 Å². The van der Waals surface area contributed by atoms with Crippen LogP contribution in [0, 0.1) is 17.5 Å². The number of aromatic nitrogens is 3. The minimum Gasteiger partial charge on any atom is -0.394 e. The fourth-order valence-electron chi connectivity index (χ4n) is 5.96. The number of ether oxygens (including phenoxy) is 1. The molecule has 0 radical (unpaired) electrons. The summed E-state index contributed by atoms with van der Waals surface area (Å²) in [4.78, 5) is 0. The van der Waals surface area contributed by atoms with Crippen LogP contribution < -0.4 is 0 Å². The molecular weight excluding hydrogens is 609 g/mol. The Morgan fingerprint density at radius 1 is 1.00 bits per heavy atom. The zero-order valence-electron chi connectivity index (χ0n) is 24.0. The lowest BCUT2D eigenvalue weighted by Crippen LogP contribution is -2.55. The smallest absolute Gasteiger partial charge is 0.248 e. The lowest BCUT2D eigenvalue weighted by molar-refractivity contribution is -0.179. The number of rotatable bonds is 8. The molecule has 0 spiro atoms. The lowest BCUT2D eigenvalue weighted by atomic mass is 9.77. The Labute approximate surface area is 254 Å². The average Bonchev–Trinajstić information content (AvgIpc) is 3.47. The summed E-state index contributed by atoms with van der Waals surface area (Å²) in [6, 6.07) is 7.45. The lowest BCUT2D eigenvalue weighted by Gasteiger charge is -2.46. The summed E-state index contributed by atoms with van der Waals surface area (Å²) in [6.45, 7) is 3.25. The van der Waals surface area contributed by atoms with E-state index in [0.717, 1.165) is 34.1 Å². The quantitative estimate of drug-likeness (QED) is 0.203. The van der Waals surface area contributed by atoms with E-state index in [1.807, 2.05) is 26.0 Å². The van der Waals surface area contributed by atoms with Gasteiger partial charge in [0.15, 0.2) is 17.5 Å². The first-order valence-electron chi connectivity index (χ1n) is 14.3. The van der Waals surface area contributed by atoms with Gasteiger partial charge in [0.25, 0.3) is 0 Å². The molecule has 240 valence electrons. The zero-order chi connectivity index (χ0) is 32.0. The van der Waals surface area contributed by atoms with Gasteiger partial charge in [-0.3, -0.25) is 0 Å². The molecule has 0 unspecified atom stereocenters. The molecule has 3 aromatic rings. The molecule has 14 heteroatoms. The summed E-state index contributed by atoms with van der Waals surface area (Å²) in [6.07, 6.45) is -4.57. The van der Waals surface area contributed by atoms with E-state index in [2.05, 4.69) is 10.3 Å². The Morgan fingerprint density at radius 3 is 2.20 bits per heavy atom. The van der Waals surface area contributed by atoms with Crippen molar-refractivity contribution in [2.45, 2.75) is 92.0 Å². The maximum absolute atomic E-state index is 14.2. The van der Waals surface area contributed by atoms with Crippen LogP contribution in [0.15, 0.2) is 42.6 Å². The molecule has 4 N–H and O–H groups in total. The van der Waals surface area contributed by atoms with Gasteiger partial charge in [-0.2, -0.15) is 0 Å². The Hall–Kier alpha value is -2.62. The Kier molecular flexibility index (Phi) is 9.41. The minimum absolute atomic E-state index is 0.00888. The summed E-state index contributed by atoms with van der Waals surface area (Å²) in [7, 11) is 0. The van der Waals surface area contributed by atoms with Crippen molar-refractivity contribution in [1.82, 2.24) is 15.0 Å². The number of nitrogens with zero attached hydrogens (tertiary/aromatic N) is 3. The Bertz CT molecular complexity index is 1440. The SMILES string of the molecule is CC(C)c1ccccc1[C@H](S[C@@H]1O[C@H](CO)[C@H](O)[C@H](n2cc(-c3cc(F)c(F)c(F)c3)nn2)[C@H]1O)C1(O)CCC(F)(F)CC1. The molecule has 1 saturated carbocycles. The van der Waals surface area contributed by atoms with E-state index in [1.54, 1.807) is 12.1 Å². The molecule has 2 fully saturated rings. The number of aliphatic hydroxyl groups excluding tert-OH is 3. The van der Waals surface area contributed by atoms with E-state index in [0.29, 0.717) is 5.56 Å². The molecule has 1 saturated heterocycles. The van der Waals surface area contributed by atoms with Gasteiger partial charge in [-0.1, -0.05) is 43.3 Å². The zero-order valence-corrected chi connectivity index (χ0v) is 24.8.